The topological polar surface area (TPSA) is 144 Å². The Bertz CT molecular complexity index is 1480. The molecule has 1 aliphatic heterocycles. The van der Waals surface area contributed by atoms with Gasteiger partial charge in [-0.2, -0.15) is 23.5 Å². The average molecular weight is 612 g/mol. The molecule has 1 saturated heterocycles. The van der Waals surface area contributed by atoms with Gasteiger partial charge in [0.25, 0.3) is 0 Å². The molecule has 1 aromatic carbocycles. The second-order valence-electron chi connectivity index (χ2n) is 10.5. The Hall–Kier alpha value is -3.64. The van der Waals surface area contributed by atoms with E-state index < -0.39 is 61.3 Å². The first-order valence-electron chi connectivity index (χ1n) is 13.4. The number of nitrogens with zero attached hydrogens (tertiary/aromatic N) is 4. The predicted octanol–water partition coefficient (Wildman–Crippen LogP) is 3.30. The van der Waals surface area contributed by atoms with E-state index in [0.29, 0.717) is 5.56 Å². The second kappa shape index (κ2) is 11.9. The third-order valence-corrected chi connectivity index (χ3v) is 10.1. The average Bonchev–Trinajstić information content (AvgIpc) is 3.60. The van der Waals surface area contributed by atoms with Crippen molar-refractivity contribution >= 4 is 21.8 Å². The van der Waals surface area contributed by atoms with Gasteiger partial charge in [-0.05, 0) is 37.5 Å². The van der Waals surface area contributed by atoms with Crippen molar-refractivity contribution in [2.24, 2.45) is 13.0 Å². The molecule has 1 N–H and O–H groups in total. The van der Waals surface area contributed by atoms with Gasteiger partial charge in [-0.25, -0.2) is 13.2 Å². The number of methoxy groups -OCH3 is 1. The lowest BCUT2D eigenvalue weighted by Gasteiger charge is -2.37. The summed E-state index contributed by atoms with van der Waals surface area (Å²) in [5.41, 5.74) is -2.06. The molecule has 1 aliphatic carbocycles. The summed E-state index contributed by atoms with van der Waals surface area (Å²) in [5, 5.41) is 15.2. The molecular weight excluding hydrogens is 579 g/mol. The number of nitriles is 1. The molecule has 1 saturated carbocycles. The predicted molar refractivity (Wildman–Crippen MR) is 142 cm³/mol. The Morgan fingerprint density at radius 2 is 1.90 bits per heavy atom. The van der Waals surface area contributed by atoms with Crippen LogP contribution in [0.4, 0.5) is 18.0 Å². The quantitative estimate of drug-likeness (QED) is 0.503. The van der Waals surface area contributed by atoms with Crippen molar-refractivity contribution in [1.29, 1.82) is 5.26 Å². The number of hydrogen-bond acceptors (Lipinski definition) is 8. The summed E-state index contributed by atoms with van der Waals surface area (Å²) >= 11 is 0. The maximum atomic E-state index is 14.1. The highest BCUT2D eigenvalue weighted by Gasteiger charge is 2.49. The fraction of sp³-hybridized carbons (Fsp3) is 0.556. The Balaban J connectivity index is 1.55. The van der Waals surface area contributed by atoms with Gasteiger partial charge in [-0.1, -0.05) is 6.07 Å². The summed E-state index contributed by atoms with van der Waals surface area (Å²) in [6.07, 6.45) is -3.73. The zero-order valence-corrected chi connectivity index (χ0v) is 24.2. The number of rotatable bonds is 7. The van der Waals surface area contributed by atoms with Crippen molar-refractivity contribution in [3.8, 4) is 17.2 Å². The van der Waals surface area contributed by atoms with E-state index in [0.717, 1.165) is 12.1 Å². The first-order valence-corrected chi connectivity index (χ1v) is 14.9. The van der Waals surface area contributed by atoms with E-state index in [1.165, 1.54) is 35.2 Å². The number of aromatic nitrogens is 2. The number of nitrogens with one attached hydrogen (secondary N) is 1. The van der Waals surface area contributed by atoms with Crippen LogP contribution in [0, 0.1) is 17.2 Å². The van der Waals surface area contributed by atoms with Gasteiger partial charge in [0, 0.05) is 51.8 Å². The highest BCUT2D eigenvalue weighted by Crippen LogP contribution is 2.42. The molecule has 11 nitrogen and oxygen atoms in total. The monoisotopic (exact) mass is 611 g/mol. The van der Waals surface area contributed by atoms with Gasteiger partial charge in [-0.15, -0.1) is 0 Å². The van der Waals surface area contributed by atoms with Crippen LogP contribution in [-0.2, 0) is 37.3 Å². The molecule has 2 aliphatic rings. The number of amides is 2. The SMILES string of the molecule is CCOC(=O)N1CCC(C#N)(NC(=O)[C@H]2C[C@H](S(=O)(=O)c3ccc(-c4cnn(C)c4)cc3C(F)(F)F)C[C@@H]2OC)CC1. The van der Waals surface area contributed by atoms with E-state index in [9.17, 15) is 36.4 Å². The van der Waals surface area contributed by atoms with Gasteiger partial charge in [0.05, 0.1) is 46.6 Å². The van der Waals surface area contributed by atoms with E-state index in [2.05, 4.69) is 16.5 Å². The lowest BCUT2D eigenvalue weighted by Crippen LogP contribution is -2.57. The summed E-state index contributed by atoms with van der Waals surface area (Å²) in [7, 11) is -1.65. The number of carbonyl (C=O) groups is 2. The summed E-state index contributed by atoms with van der Waals surface area (Å²) in [4.78, 5) is 26.0. The van der Waals surface area contributed by atoms with E-state index >= 15 is 0 Å². The van der Waals surface area contributed by atoms with Crippen LogP contribution in [-0.4, -0.2) is 78.8 Å². The molecule has 3 atom stereocenters. The van der Waals surface area contributed by atoms with E-state index in [4.69, 9.17) is 9.47 Å². The molecule has 4 rings (SSSR count). The largest absolute Gasteiger partial charge is 0.450 e. The molecular formula is C27H32F3N5O6S. The number of alkyl halides is 3. The third-order valence-electron chi connectivity index (χ3n) is 7.89. The lowest BCUT2D eigenvalue weighted by atomic mass is 9.88. The molecule has 2 fully saturated rings. The van der Waals surface area contributed by atoms with Gasteiger partial charge in [0.1, 0.15) is 5.54 Å². The number of halogens is 3. The maximum Gasteiger partial charge on any atom is 0.417 e. The summed E-state index contributed by atoms with van der Waals surface area (Å²) in [6, 6.07) is 5.13. The first-order chi connectivity index (χ1) is 19.7. The van der Waals surface area contributed by atoms with Gasteiger partial charge >= 0.3 is 12.3 Å². The third kappa shape index (κ3) is 6.24. The van der Waals surface area contributed by atoms with E-state index in [-0.39, 0.29) is 50.9 Å². The first kappa shape index (κ1) is 31.3. The van der Waals surface area contributed by atoms with E-state index in [1.807, 2.05) is 0 Å². The van der Waals surface area contributed by atoms with Crippen molar-refractivity contribution in [2.45, 2.75) is 60.6 Å². The van der Waals surface area contributed by atoms with Crippen LogP contribution in [0.15, 0.2) is 35.5 Å². The summed E-state index contributed by atoms with van der Waals surface area (Å²) in [6.45, 7) is 2.19. The van der Waals surface area contributed by atoms with Crippen LogP contribution in [0.3, 0.4) is 0 Å². The molecule has 42 heavy (non-hydrogen) atoms. The van der Waals surface area contributed by atoms with Crippen LogP contribution in [0.2, 0.25) is 0 Å². The normalized spacial score (nSPS) is 22.4. The fourth-order valence-corrected chi connectivity index (χ4v) is 7.55. The van der Waals surface area contributed by atoms with Crippen molar-refractivity contribution in [2.75, 3.05) is 26.8 Å². The Labute approximate surface area is 241 Å². The van der Waals surface area contributed by atoms with Gasteiger partial charge in [0.15, 0.2) is 9.84 Å². The van der Waals surface area contributed by atoms with Gasteiger partial charge in [0.2, 0.25) is 5.91 Å². The minimum atomic E-state index is -4.96. The molecule has 0 spiro atoms. The molecule has 0 radical (unpaired) electrons. The number of piperidine rings is 1. The summed E-state index contributed by atoms with van der Waals surface area (Å²) < 4.78 is 81.5. The van der Waals surface area contributed by atoms with E-state index in [1.54, 1.807) is 14.0 Å². The molecule has 0 bridgehead atoms. The number of hydrogen-bond donors (Lipinski definition) is 1. The maximum absolute atomic E-state index is 14.1. The number of carbonyl (C=O) groups excluding carboxylic acids is 2. The van der Waals surface area contributed by atoms with Crippen LogP contribution in [0.25, 0.3) is 11.1 Å². The van der Waals surface area contributed by atoms with Crippen molar-refractivity contribution in [3.63, 3.8) is 0 Å². The lowest BCUT2D eigenvalue weighted by molar-refractivity contribution is -0.139. The zero-order chi connectivity index (χ0) is 30.9. The van der Waals surface area contributed by atoms with Crippen molar-refractivity contribution in [1.82, 2.24) is 20.0 Å². The number of likely N-dealkylation sites (tertiary alicyclic amines) is 1. The second-order valence-corrected chi connectivity index (χ2v) is 12.7. The van der Waals surface area contributed by atoms with Crippen molar-refractivity contribution < 1.29 is 40.7 Å². The molecule has 2 aromatic rings. The molecule has 0 unspecified atom stereocenters. The molecule has 2 amide bonds. The zero-order valence-electron chi connectivity index (χ0n) is 23.3. The molecule has 228 valence electrons. The Kier molecular flexibility index (Phi) is 8.89. The number of aryl methyl sites for hydroxylation is 1. The van der Waals surface area contributed by atoms with Crippen molar-refractivity contribution in [3.05, 3.63) is 36.2 Å². The van der Waals surface area contributed by atoms with Crippen LogP contribution in [0.1, 0.15) is 38.2 Å². The highest BCUT2D eigenvalue weighted by molar-refractivity contribution is 7.92. The van der Waals surface area contributed by atoms with Gasteiger partial charge < -0.3 is 19.7 Å². The van der Waals surface area contributed by atoms with Crippen LogP contribution in [0.5, 0.6) is 0 Å². The molecule has 15 heteroatoms. The Morgan fingerprint density at radius 1 is 1.21 bits per heavy atom. The number of ether oxygens (including phenoxy) is 2. The summed E-state index contributed by atoms with van der Waals surface area (Å²) in [5.74, 6) is -1.65. The minimum Gasteiger partial charge on any atom is -0.450 e. The fourth-order valence-electron chi connectivity index (χ4n) is 5.55. The van der Waals surface area contributed by atoms with Crippen LogP contribution >= 0.6 is 0 Å². The standard InChI is InChI=1S/C27H32F3N5O6S/c1-4-41-25(37)35-9-7-26(16-31,8-10-35)33-24(36)20-12-19(13-22(20)40-3)42(38,39)23-6-5-17(11-21(23)27(28,29)30)18-14-32-34(2)15-18/h5-6,11,14-15,19-20,22H,4,7-10,12-13H2,1-3H3,(H,33,36)/t19-,20-,22-/m0/s1. The van der Waals surface area contributed by atoms with Crippen LogP contribution < -0.4 is 5.32 Å². The number of benzene rings is 1. The molecule has 2 heterocycles. The smallest absolute Gasteiger partial charge is 0.417 e. The minimum absolute atomic E-state index is 0.123. The number of sulfone groups is 1. The highest BCUT2D eigenvalue weighted by atomic mass is 32.2. The Morgan fingerprint density at radius 3 is 2.45 bits per heavy atom. The molecule has 1 aromatic heterocycles. The van der Waals surface area contributed by atoms with Gasteiger partial charge in [-0.3, -0.25) is 9.48 Å².